The van der Waals surface area contributed by atoms with E-state index in [9.17, 15) is 51.1 Å². The molecule has 0 radical (unpaired) electrons. The highest BCUT2D eigenvalue weighted by atomic mass is 28.4. The molecule has 10 N–H and O–H groups in total. The lowest BCUT2D eigenvalue weighted by Crippen LogP contribution is -2.44. The average molecular weight is 2050 g/mol. The summed E-state index contributed by atoms with van der Waals surface area (Å²) in [5, 5.41) is 95.3. The molecule has 0 spiro atoms. The van der Waals surface area contributed by atoms with Crippen molar-refractivity contribution in [3.8, 4) is 69.0 Å². The van der Waals surface area contributed by atoms with E-state index in [0.717, 1.165) is 173 Å². The van der Waals surface area contributed by atoms with E-state index in [-0.39, 0.29) is 11.5 Å². The molecule has 10 aromatic rings. The molecule has 752 valence electrons. The zero-order valence-corrected chi connectivity index (χ0v) is 97.1. The van der Waals surface area contributed by atoms with Gasteiger partial charge < -0.3 is 81.1 Å². The van der Waals surface area contributed by atoms with Crippen LogP contribution in [0.5, 0.6) is 69.0 Å². The Balaban J connectivity index is 0.000000263. The molecule has 0 atom stereocenters. The van der Waals surface area contributed by atoms with Crippen LogP contribution in [0.3, 0.4) is 0 Å². The SMILES string of the molecule is C[Si](C)(CCCOc1ccc(O)cc1)O[Si](C)(C)CCCOc1ccc(O)cc1.C[Si](C)(CCCc1ccc(O)cc1)O[Si](C)(C)CCCc1ccc(O)cc1.C[Si](C)(CCCc1ccccc1O)O[Si](C)(C)CCCc1ccccc1O.C[Si](C)(CCc1ccc(O)cc1)O[Si](C)(C)CCc1ccc(O)cc1.Cc1cc(CCC[Si](C)(C)O[Si](C)(C)CCCc2ccc(O)c(C)c2)ccc1O. The summed E-state index contributed by atoms with van der Waals surface area (Å²) in [7, 11) is -17.1. The summed E-state index contributed by atoms with van der Waals surface area (Å²) >= 11 is 0. The molecular formula is C110H170O17Si10. The Morgan fingerprint density at radius 2 is 0.387 bits per heavy atom. The van der Waals surface area contributed by atoms with E-state index < -0.39 is 83.2 Å². The molecule has 0 saturated carbocycles. The van der Waals surface area contributed by atoms with Crippen molar-refractivity contribution in [1.29, 1.82) is 0 Å². The normalized spacial score (nSPS) is 12.2. The molecule has 0 bridgehead atoms. The van der Waals surface area contributed by atoms with Crippen LogP contribution in [0.25, 0.3) is 0 Å². The maximum Gasteiger partial charge on any atom is 0.173 e. The van der Waals surface area contributed by atoms with Gasteiger partial charge in [0.2, 0.25) is 0 Å². The van der Waals surface area contributed by atoms with Gasteiger partial charge in [-0.1, -0.05) is 109 Å². The average Bonchev–Trinajstić information content (AvgIpc) is 0.860. The van der Waals surface area contributed by atoms with E-state index in [1.165, 1.54) is 57.6 Å². The Morgan fingerprint density at radius 3 is 0.628 bits per heavy atom. The van der Waals surface area contributed by atoms with E-state index in [0.29, 0.717) is 59.2 Å². The second-order valence-corrected chi connectivity index (χ2v) is 87.6. The Kier molecular flexibility index (Phi) is 48.4. The van der Waals surface area contributed by atoms with Gasteiger partial charge in [0.1, 0.15) is 69.0 Å². The van der Waals surface area contributed by atoms with E-state index >= 15 is 0 Å². The molecule has 0 saturated heterocycles. The molecule has 0 aromatic heterocycles. The number of para-hydroxylation sites is 2. The molecular weight excluding hydrogens is 1870 g/mol. The number of rotatable bonds is 50. The lowest BCUT2D eigenvalue weighted by Gasteiger charge is -2.34. The van der Waals surface area contributed by atoms with Crippen LogP contribution in [0.2, 0.25) is 191 Å². The van der Waals surface area contributed by atoms with Crippen molar-refractivity contribution in [2.75, 3.05) is 13.2 Å². The minimum atomic E-state index is -1.74. The second-order valence-electron chi connectivity index (χ2n) is 43.3. The van der Waals surface area contributed by atoms with Crippen LogP contribution in [0, 0.1) is 13.8 Å². The summed E-state index contributed by atoms with van der Waals surface area (Å²) in [5.74, 6) is 4.92. The van der Waals surface area contributed by atoms with Gasteiger partial charge >= 0.3 is 0 Å². The number of hydrogen-bond donors (Lipinski definition) is 10. The van der Waals surface area contributed by atoms with Crippen LogP contribution >= 0.6 is 0 Å². The third-order valence-corrected chi connectivity index (χ3v) is 62.0. The summed E-state index contributed by atoms with van der Waals surface area (Å²) in [6, 6.07) is 82.0. The minimum Gasteiger partial charge on any atom is -0.508 e. The fourth-order valence-corrected chi connectivity index (χ4v) is 61.7. The lowest BCUT2D eigenvalue weighted by atomic mass is 10.1. The highest BCUT2D eigenvalue weighted by Gasteiger charge is 2.38. The zero-order valence-electron chi connectivity index (χ0n) is 87.1. The summed E-state index contributed by atoms with van der Waals surface area (Å²) in [6.45, 7) is 51.7. The van der Waals surface area contributed by atoms with Gasteiger partial charge in [-0.3, -0.25) is 0 Å². The van der Waals surface area contributed by atoms with E-state index in [2.05, 4.69) is 143 Å². The second kappa shape index (κ2) is 56.4. The molecule has 27 heteroatoms. The van der Waals surface area contributed by atoms with E-state index in [4.69, 9.17) is 30.0 Å². The number of benzene rings is 10. The van der Waals surface area contributed by atoms with Crippen molar-refractivity contribution < 1.29 is 81.1 Å². The number of hydrogen-bond acceptors (Lipinski definition) is 17. The third-order valence-electron chi connectivity index (χ3n) is 24.5. The van der Waals surface area contributed by atoms with Crippen molar-refractivity contribution in [2.24, 2.45) is 0 Å². The van der Waals surface area contributed by atoms with Crippen LogP contribution in [-0.4, -0.2) is 147 Å². The first kappa shape index (κ1) is 117. The predicted octanol–water partition coefficient (Wildman–Crippen LogP) is 30.0. The number of phenols is 10. The smallest absolute Gasteiger partial charge is 0.173 e. The number of aromatic hydroxyl groups is 10. The predicted molar refractivity (Wildman–Crippen MR) is 596 cm³/mol. The maximum absolute atomic E-state index is 9.91. The highest BCUT2D eigenvalue weighted by molar-refractivity contribution is 6.87. The molecule has 0 heterocycles. The van der Waals surface area contributed by atoms with Crippen LogP contribution < -0.4 is 9.47 Å². The maximum atomic E-state index is 9.91. The van der Waals surface area contributed by atoms with Gasteiger partial charge in [0.05, 0.1) is 13.2 Å². The standard InChI is InChI=1S/C24H38O3Si2.C22H34O5Si2.2C22H34O3Si2.C20H30O3Si2/c1-19-17-21(11-13-23(19)25)9-7-15-28(3,4)27-29(5,6)16-8-10-22-12-14-24(26)20(2)18-22;1-28(2,17-5-15-25-21-11-7-19(23)8-12-21)27-29(3,4)18-6-16-26-22-13-9-20(24)10-14-22;1-26(2,17-5-7-19-9-13-21(23)14-10-19)25-27(3,4)18-6-8-20-11-15-22(24)16-12-20;1-26(2,17-9-13-19-11-5-7-15-21(19)23)25-27(3,4)18-10-14-20-12-6-8-16-22(20)24;1-24(2,15-13-17-5-9-19(21)10-6-17)23-25(3,4)16-14-18-7-11-20(22)12-8-18/h11-14,17-18,25-26H,7-10,15-16H2,1-6H3;7-14,23-24H,5-6,15-18H2,1-4H3;9-16,23-24H,5-8,17-18H2,1-4H3;5-8,11-12,15-16,23-24H,9-10,13-14,17-18H2,1-4H3;5-12,21-22H,13-16H2,1-4H3. The molecule has 0 aliphatic rings. The Bertz CT molecular complexity index is 4800. The Hall–Kier alpha value is -8.23. The lowest BCUT2D eigenvalue weighted by molar-refractivity contribution is 0.312. The van der Waals surface area contributed by atoms with Crippen molar-refractivity contribution in [3.63, 3.8) is 0 Å². The molecule has 10 rings (SSSR count). The molecule has 137 heavy (non-hydrogen) atoms. The van der Waals surface area contributed by atoms with E-state index in [1.54, 1.807) is 121 Å². The van der Waals surface area contributed by atoms with Crippen molar-refractivity contribution in [2.45, 2.75) is 308 Å². The number of phenolic OH excluding ortho intramolecular Hbond substituents is 10. The van der Waals surface area contributed by atoms with Gasteiger partial charge in [-0.2, -0.15) is 0 Å². The van der Waals surface area contributed by atoms with Crippen LogP contribution in [0.15, 0.2) is 231 Å². The fraction of sp³-hybridized carbons (Fsp3) is 0.455. The van der Waals surface area contributed by atoms with Crippen LogP contribution in [0.4, 0.5) is 0 Å². The topological polar surface area (TPSA) is 267 Å². The summed E-state index contributed by atoms with van der Waals surface area (Å²) in [4.78, 5) is 0. The van der Waals surface area contributed by atoms with Gasteiger partial charge in [0.15, 0.2) is 83.2 Å². The first-order valence-electron chi connectivity index (χ1n) is 49.7. The zero-order chi connectivity index (χ0) is 101. The number of aryl methyl sites for hydroxylation is 10. The molecule has 0 aliphatic heterocycles. The largest absolute Gasteiger partial charge is 0.508 e. The van der Waals surface area contributed by atoms with Gasteiger partial charge in [-0.25, -0.2) is 0 Å². The summed E-state index contributed by atoms with van der Waals surface area (Å²) < 4.78 is 45.1. The molecule has 17 nitrogen and oxygen atoms in total. The first-order chi connectivity index (χ1) is 64.1. The monoisotopic (exact) mass is 2040 g/mol. The van der Waals surface area contributed by atoms with Crippen molar-refractivity contribution in [3.05, 3.63) is 286 Å². The van der Waals surface area contributed by atoms with Crippen LogP contribution in [0.1, 0.15) is 107 Å². The Morgan fingerprint density at radius 1 is 0.190 bits per heavy atom. The van der Waals surface area contributed by atoms with E-state index in [1.807, 2.05) is 111 Å². The summed E-state index contributed by atoms with van der Waals surface area (Å²) in [6.07, 6.45) is 16.6. The highest BCUT2D eigenvalue weighted by Crippen LogP contribution is 2.35. The van der Waals surface area contributed by atoms with Gasteiger partial charge in [0, 0.05) is 0 Å². The third kappa shape index (κ3) is 50.6. The van der Waals surface area contributed by atoms with Gasteiger partial charge in [-0.05, 0) is 485 Å². The summed E-state index contributed by atoms with van der Waals surface area (Å²) in [5.41, 5.74) is 11.6. The molecule has 0 unspecified atom stereocenters. The van der Waals surface area contributed by atoms with Gasteiger partial charge in [-0.15, -0.1) is 0 Å². The fourth-order valence-electron chi connectivity index (χ4n) is 17.7. The van der Waals surface area contributed by atoms with Crippen molar-refractivity contribution >= 4 is 83.2 Å². The molecule has 0 amide bonds. The van der Waals surface area contributed by atoms with Crippen LogP contribution in [-0.2, 0) is 71.9 Å². The quantitative estimate of drug-likeness (QED) is 0.0125. The molecule has 0 aliphatic carbocycles. The Labute approximate surface area is 834 Å². The number of ether oxygens (including phenoxy) is 2. The molecule has 0 fully saturated rings. The minimum absolute atomic E-state index is 0.250. The molecule has 10 aromatic carbocycles. The first-order valence-corrected chi connectivity index (χ1v) is 80.8. The van der Waals surface area contributed by atoms with Gasteiger partial charge in [0.25, 0.3) is 0 Å². The van der Waals surface area contributed by atoms with Crippen molar-refractivity contribution in [1.82, 2.24) is 0 Å².